The van der Waals surface area contributed by atoms with E-state index >= 15 is 0 Å². The molecule has 6 nitrogen and oxygen atoms in total. The second kappa shape index (κ2) is 7.91. The van der Waals surface area contributed by atoms with Crippen LogP contribution in [-0.4, -0.2) is 28.4 Å². The van der Waals surface area contributed by atoms with Crippen molar-refractivity contribution in [2.24, 2.45) is 0 Å². The molecule has 2 aromatic carbocycles. The van der Waals surface area contributed by atoms with E-state index in [2.05, 4.69) is 26.3 Å². The van der Waals surface area contributed by atoms with E-state index in [0.29, 0.717) is 23.6 Å². The third-order valence-electron chi connectivity index (χ3n) is 4.87. The first-order valence-corrected chi connectivity index (χ1v) is 10.3. The second-order valence-corrected chi connectivity index (χ2v) is 7.92. The van der Waals surface area contributed by atoms with Crippen molar-refractivity contribution in [1.29, 1.82) is 0 Å². The van der Waals surface area contributed by atoms with Crippen LogP contribution in [0.1, 0.15) is 35.5 Å². The van der Waals surface area contributed by atoms with Crippen LogP contribution in [0.15, 0.2) is 47.1 Å². The molecule has 1 unspecified atom stereocenters. The zero-order valence-corrected chi connectivity index (χ0v) is 18.1. The summed E-state index contributed by atoms with van der Waals surface area (Å²) in [4.78, 5) is 13.0. The van der Waals surface area contributed by atoms with Gasteiger partial charge in [-0.2, -0.15) is 5.10 Å². The summed E-state index contributed by atoms with van der Waals surface area (Å²) < 4.78 is 14.3. The van der Waals surface area contributed by atoms with E-state index in [9.17, 15) is 4.79 Å². The van der Waals surface area contributed by atoms with Crippen LogP contribution < -0.4 is 14.8 Å². The number of anilines is 1. The number of amides is 1. The quantitative estimate of drug-likeness (QED) is 0.592. The minimum atomic E-state index is -0.238. The number of hydrogen-bond acceptors (Lipinski definition) is 4. The Hall–Kier alpha value is -2.80. The average Bonchev–Trinajstić information content (AvgIpc) is 3.24. The molecule has 0 saturated heterocycles. The number of hydrogen-bond donors (Lipinski definition) is 1. The number of halogens is 1. The minimum Gasteiger partial charge on any atom is -0.492 e. The zero-order valence-electron chi connectivity index (χ0n) is 16.5. The lowest BCUT2D eigenvalue weighted by molar-refractivity contribution is 0.102. The molecule has 150 valence electrons. The highest BCUT2D eigenvalue weighted by molar-refractivity contribution is 9.10. The topological polar surface area (TPSA) is 65.4 Å². The van der Waals surface area contributed by atoms with Crippen LogP contribution in [0.3, 0.4) is 0 Å². The smallest absolute Gasteiger partial charge is 0.259 e. The first kappa shape index (κ1) is 19.5. The lowest BCUT2D eigenvalue weighted by Gasteiger charge is -2.13. The predicted molar refractivity (Wildman–Crippen MR) is 115 cm³/mol. The van der Waals surface area contributed by atoms with Crippen molar-refractivity contribution in [2.75, 3.05) is 11.9 Å². The zero-order chi connectivity index (χ0) is 20.5. The Labute approximate surface area is 178 Å². The summed E-state index contributed by atoms with van der Waals surface area (Å²) in [6.07, 6.45) is 2.54. The molecule has 1 aliphatic rings. The van der Waals surface area contributed by atoms with Gasteiger partial charge in [-0.3, -0.25) is 4.79 Å². The fourth-order valence-electron chi connectivity index (χ4n) is 3.48. The fourth-order valence-corrected chi connectivity index (χ4v) is 3.74. The molecule has 0 aliphatic carbocycles. The Morgan fingerprint density at radius 3 is 2.83 bits per heavy atom. The molecule has 0 saturated carbocycles. The number of ether oxygens (including phenoxy) is 2. The van der Waals surface area contributed by atoms with Gasteiger partial charge in [0, 0.05) is 22.5 Å². The fraction of sp³-hybridized carbons (Fsp3) is 0.273. The highest BCUT2D eigenvalue weighted by Gasteiger charge is 2.23. The van der Waals surface area contributed by atoms with Gasteiger partial charge in [0.2, 0.25) is 0 Å². The molecule has 1 amide bonds. The third kappa shape index (κ3) is 3.87. The molecule has 1 atom stereocenters. The number of fused-ring (bicyclic) bond motifs is 1. The van der Waals surface area contributed by atoms with Gasteiger partial charge in [0.25, 0.3) is 5.91 Å². The first-order chi connectivity index (χ1) is 14.0. The number of carbonyl (C=O) groups is 1. The Morgan fingerprint density at radius 1 is 1.34 bits per heavy atom. The summed E-state index contributed by atoms with van der Waals surface area (Å²) in [6, 6.07) is 11.6. The van der Waals surface area contributed by atoms with Gasteiger partial charge >= 0.3 is 0 Å². The Morgan fingerprint density at radius 2 is 2.10 bits per heavy atom. The van der Waals surface area contributed by atoms with E-state index in [-0.39, 0.29) is 12.0 Å². The maximum atomic E-state index is 13.0. The van der Waals surface area contributed by atoms with E-state index in [1.165, 1.54) is 0 Å². The molecule has 29 heavy (non-hydrogen) atoms. The van der Waals surface area contributed by atoms with Crippen LogP contribution in [0.25, 0.3) is 5.69 Å². The summed E-state index contributed by atoms with van der Waals surface area (Å²) >= 11 is 3.43. The Balaban J connectivity index is 1.62. The Bertz CT molecular complexity index is 1060. The SMILES string of the molecule is CCOc1cc2c(cc1NC(=O)c1cnn(-c3ccc(Br)cc3)c1C)OC(C)C2. The molecular weight excluding hydrogens is 434 g/mol. The molecule has 1 N–H and O–H groups in total. The predicted octanol–water partition coefficient (Wildman–Crippen LogP) is 4.92. The lowest BCUT2D eigenvalue weighted by Crippen LogP contribution is -2.14. The molecule has 0 radical (unpaired) electrons. The van der Waals surface area contributed by atoms with E-state index in [0.717, 1.165) is 33.6 Å². The summed E-state index contributed by atoms with van der Waals surface area (Å²) in [7, 11) is 0. The van der Waals surface area contributed by atoms with E-state index in [1.54, 1.807) is 10.9 Å². The summed E-state index contributed by atoms with van der Waals surface area (Å²) in [5, 5.41) is 7.36. The van der Waals surface area contributed by atoms with Crippen LogP contribution in [0, 0.1) is 6.92 Å². The Kier molecular flexibility index (Phi) is 5.32. The molecule has 0 bridgehead atoms. The number of nitrogens with zero attached hydrogens (tertiary/aromatic N) is 2. The monoisotopic (exact) mass is 455 g/mol. The van der Waals surface area contributed by atoms with Gasteiger partial charge in [-0.25, -0.2) is 4.68 Å². The highest BCUT2D eigenvalue weighted by atomic mass is 79.9. The molecule has 1 aromatic heterocycles. The lowest BCUT2D eigenvalue weighted by atomic mass is 10.1. The van der Waals surface area contributed by atoms with Crippen molar-refractivity contribution in [2.45, 2.75) is 33.3 Å². The maximum Gasteiger partial charge on any atom is 0.259 e. The van der Waals surface area contributed by atoms with Crippen LogP contribution in [-0.2, 0) is 6.42 Å². The summed E-state index contributed by atoms with van der Waals surface area (Å²) in [5.41, 5.74) is 3.84. The van der Waals surface area contributed by atoms with E-state index in [4.69, 9.17) is 9.47 Å². The number of nitrogens with one attached hydrogen (secondary N) is 1. The van der Waals surface area contributed by atoms with E-state index < -0.39 is 0 Å². The molecule has 3 aromatic rings. The molecular formula is C22H22BrN3O3. The molecule has 4 rings (SSSR count). The number of benzene rings is 2. The van der Waals surface area contributed by atoms with Gasteiger partial charge in [-0.05, 0) is 51.1 Å². The minimum absolute atomic E-state index is 0.122. The van der Waals surface area contributed by atoms with Crippen molar-refractivity contribution < 1.29 is 14.3 Å². The summed E-state index contributed by atoms with van der Waals surface area (Å²) in [6.45, 7) is 6.34. The largest absolute Gasteiger partial charge is 0.492 e. The van der Waals surface area contributed by atoms with Crippen molar-refractivity contribution in [3.63, 3.8) is 0 Å². The average molecular weight is 456 g/mol. The van der Waals surface area contributed by atoms with Crippen LogP contribution in [0.4, 0.5) is 5.69 Å². The first-order valence-electron chi connectivity index (χ1n) is 9.54. The van der Waals surface area contributed by atoms with Crippen molar-refractivity contribution in [3.05, 3.63) is 63.9 Å². The van der Waals surface area contributed by atoms with Gasteiger partial charge in [0.05, 0.1) is 35.4 Å². The van der Waals surface area contributed by atoms with Crippen LogP contribution in [0.5, 0.6) is 11.5 Å². The summed E-state index contributed by atoms with van der Waals surface area (Å²) in [5.74, 6) is 1.20. The van der Waals surface area contributed by atoms with Gasteiger partial charge in [0.15, 0.2) is 0 Å². The molecule has 0 fully saturated rings. The van der Waals surface area contributed by atoms with Crippen LogP contribution >= 0.6 is 15.9 Å². The number of aromatic nitrogens is 2. The molecule has 1 aliphatic heterocycles. The normalized spacial score (nSPS) is 15.0. The van der Waals surface area contributed by atoms with E-state index in [1.807, 2.05) is 57.2 Å². The molecule has 7 heteroatoms. The third-order valence-corrected chi connectivity index (χ3v) is 5.40. The molecule has 2 heterocycles. The maximum absolute atomic E-state index is 13.0. The van der Waals surface area contributed by atoms with Crippen molar-refractivity contribution in [3.8, 4) is 17.2 Å². The van der Waals surface area contributed by atoms with Crippen molar-refractivity contribution >= 4 is 27.5 Å². The number of carbonyl (C=O) groups excluding carboxylic acids is 1. The highest BCUT2D eigenvalue weighted by Crippen LogP contribution is 2.38. The van der Waals surface area contributed by atoms with Gasteiger partial charge in [0.1, 0.15) is 17.6 Å². The van der Waals surface area contributed by atoms with Gasteiger partial charge < -0.3 is 14.8 Å². The van der Waals surface area contributed by atoms with Crippen molar-refractivity contribution in [1.82, 2.24) is 9.78 Å². The van der Waals surface area contributed by atoms with Gasteiger partial charge in [-0.1, -0.05) is 15.9 Å². The standard InChI is InChI=1S/C22H22BrN3O3/c1-4-28-21-10-15-9-13(2)29-20(15)11-19(21)25-22(27)18-12-24-26(14(18)3)17-7-5-16(23)6-8-17/h5-8,10-13H,4,9H2,1-3H3,(H,25,27). The number of rotatable bonds is 5. The molecule has 0 spiro atoms. The van der Waals surface area contributed by atoms with Gasteiger partial charge in [-0.15, -0.1) is 0 Å². The second-order valence-electron chi connectivity index (χ2n) is 7.01. The van der Waals surface area contributed by atoms with Crippen LogP contribution in [0.2, 0.25) is 0 Å².